The molecule has 0 spiro atoms. The maximum atomic E-state index is 13.1. The zero-order valence-corrected chi connectivity index (χ0v) is 10.1. The van der Waals surface area contributed by atoms with E-state index in [0.717, 1.165) is 6.07 Å². The molecular weight excluding hydrogens is 219 g/mol. The van der Waals surface area contributed by atoms with Gasteiger partial charge in [-0.3, -0.25) is 4.79 Å². The van der Waals surface area contributed by atoms with Crippen molar-refractivity contribution in [3.8, 4) is 0 Å². The van der Waals surface area contributed by atoms with Crippen LogP contribution in [-0.2, 0) is 0 Å². The molecular formula is C13H17FN2O. The first-order chi connectivity index (χ1) is 7.97. The molecule has 1 aromatic rings. The van der Waals surface area contributed by atoms with Crippen LogP contribution in [0.15, 0.2) is 30.9 Å². The van der Waals surface area contributed by atoms with E-state index in [1.165, 1.54) is 12.1 Å². The van der Waals surface area contributed by atoms with Gasteiger partial charge in [-0.15, -0.1) is 6.58 Å². The fourth-order valence-corrected chi connectivity index (χ4v) is 1.54. The van der Waals surface area contributed by atoms with Crippen molar-refractivity contribution in [3.63, 3.8) is 0 Å². The van der Waals surface area contributed by atoms with E-state index in [1.54, 1.807) is 11.0 Å². The summed E-state index contributed by atoms with van der Waals surface area (Å²) in [6.45, 7) is 7.78. The first kappa shape index (κ1) is 13.2. The highest BCUT2D eigenvalue weighted by molar-refractivity contribution is 5.99. The summed E-state index contributed by atoms with van der Waals surface area (Å²) in [6.07, 6.45) is 1.63. The van der Waals surface area contributed by atoms with Gasteiger partial charge in [-0.2, -0.15) is 0 Å². The highest BCUT2D eigenvalue weighted by Gasteiger charge is 2.19. The highest BCUT2D eigenvalue weighted by Crippen LogP contribution is 2.17. The molecule has 0 unspecified atom stereocenters. The predicted molar refractivity (Wildman–Crippen MR) is 67.2 cm³/mol. The Balaban J connectivity index is 3.08. The minimum absolute atomic E-state index is 0.00293. The van der Waals surface area contributed by atoms with Crippen LogP contribution in [0.25, 0.3) is 0 Å². The molecule has 0 aromatic heterocycles. The average Bonchev–Trinajstić information content (AvgIpc) is 2.28. The van der Waals surface area contributed by atoms with Gasteiger partial charge in [-0.1, -0.05) is 6.08 Å². The summed E-state index contributed by atoms with van der Waals surface area (Å²) in [5.41, 5.74) is 6.16. The molecule has 0 fully saturated rings. The number of halogens is 1. The minimum Gasteiger partial charge on any atom is -0.398 e. The Labute approximate surface area is 101 Å². The molecule has 0 radical (unpaired) electrons. The Morgan fingerprint density at radius 3 is 2.76 bits per heavy atom. The average molecular weight is 236 g/mol. The van der Waals surface area contributed by atoms with E-state index in [-0.39, 0.29) is 23.2 Å². The molecule has 4 heteroatoms. The number of nitrogens with zero attached hydrogens (tertiary/aromatic N) is 1. The monoisotopic (exact) mass is 236 g/mol. The molecule has 0 bridgehead atoms. The van der Waals surface area contributed by atoms with E-state index >= 15 is 0 Å². The Morgan fingerprint density at radius 2 is 2.24 bits per heavy atom. The van der Waals surface area contributed by atoms with Crippen molar-refractivity contribution < 1.29 is 9.18 Å². The summed E-state index contributed by atoms with van der Waals surface area (Å²) < 4.78 is 13.1. The third kappa shape index (κ3) is 3.06. The second-order valence-corrected chi connectivity index (χ2v) is 4.07. The fraction of sp³-hybridized carbons (Fsp3) is 0.308. The summed E-state index contributed by atoms with van der Waals surface area (Å²) in [5.74, 6) is -0.748. The molecule has 3 nitrogen and oxygen atoms in total. The number of nitrogens with two attached hydrogens (primary N) is 1. The number of anilines is 1. The summed E-state index contributed by atoms with van der Waals surface area (Å²) in [7, 11) is 0. The number of benzene rings is 1. The molecule has 0 saturated carbocycles. The highest BCUT2D eigenvalue weighted by atomic mass is 19.1. The number of nitrogen functional groups attached to an aromatic ring is 1. The Morgan fingerprint density at radius 1 is 1.59 bits per heavy atom. The molecule has 0 aliphatic heterocycles. The van der Waals surface area contributed by atoms with Crippen LogP contribution in [0.3, 0.4) is 0 Å². The van der Waals surface area contributed by atoms with Gasteiger partial charge in [0, 0.05) is 18.3 Å². The smallest absolute Gasteiger partial charge is 0.256 e. The first-order valence-electron chi connectivity index (χ1n) is 5.44. The van der Waals surface area contributed by atoms with E-state index in [9.17, 15) is 9.18 Å². The van der Waals surface area contributed by atoms with Crippen molar-refractivity contribution in [2.45, 2.75) is 19.9 Å². The van der Waals surface area contributed by atoms with Gasteiger partial charge < -0.3 is 10.6 Å². The van der Waals surface area contributed by atoms with Crippen LogP contribution in [0.2, 0.25) is 0 Å². The molecule has 0 aliphatic carbocycles. The van der Waals surface area contributed by atoms with Crippen LogP contribution < -0.4 is 5.73 Å². The van der Waals surface area contributed by atoms with Gasteiger partial charge in [0.25, 0.3) is 5.91 Å². The first-order valence-corrected chi connectivity index (χ1v) is 5.44. The van der Waals surface area contributed by atoms with E-state index in [1.807, 2.05) is 13.8 Å². The zero-order valence-electron chi connectivity index (χ0n) is 10.1. The second kappa shape index (κ2) is 5.48. The maximum absolute atomic E-state index is 13.1. The quantitative estimate of drug-likeness (QED) is 0.644. The van der Waals surface area contributed by atoms with Gasteiger partial charge in [-0.25, -0.2) is 4.39 Å². The largest absolute Gasteiger partial charge is 0.398 e. The molecule has 0 heterocycles. The summed E-state index contributed by atoms with van der Waals surface area (Å²) in [6, 6.07) is 3.80. The number of carbonyl (C=O) groups excluding carboxylic acids is 1. The molecule has 17 heavy (non-hydrogen) atoms. The third-order valence-electron chi connectivity index (χ3n) is 2.46. The topological polar surface area (TPSA) is 46.3 Å². The predicted octanol–water partition coefficient (Wildman–Crippen LogP) is 2.44. The standard InChI is InChI=1S/C13H17FN2O/c1-4-7-16(9(2)3)13(17)11-8-10(14)5-6-12(11)15/h4-6,8-9H,1,7,15H2,2-3H3. The lowest BCUT2D eigenvalue weighted by atomic mass is 10.1. The number of rotatable bonds is 4. The third-order valence-corrected chi connectivity index (χ3v) is 2.46. The molecule has 92 valence electrons. The van der Waals surface area contributed by atoms with Crippen LogP contribution in [0.1, 0.15) is 24.2 Å². The number of carbonyl (C=O) groups is 1. The van der Waals surface area contributed by atoms with Crippen molar-refractivity contribution in [1.82, 2.24) is 4.90 Å². The summed E-state index contributed by atoms with van der Waals surface area (Å²) >= 11 is 0. The van der Waals surface area contributed by atoms with E-state index < -0.39 is 5.82 Å². The van der Waals surface area contributed by atoms with Crippen molar-refractivity contribution >= 4 is 11.6 Å². The lowest BCUT2D eigenvalue weighted by molar-refractivity contribution is 0.0729. The Kier molecular flexibility index (Phi) is 4.26. The summed E-state index contributed by atoms with van der Waals surface area (Å²) in [5, 5.41) is 0. The van der Waals surface area contributed by atoms with Gasteiger partial charge in [-0.05, 0) is 32.0 Å². The SMILES string of the molecule is C=CCN(C(=O)c1cc(F)ccc1N)C(C)C. The lowest BCUT2D eigenvalue weighted by Gasteiger charge is -2.26. The van der Waals surface area contributed by atoms with Gasteiger partial charge in [0.1, 0.15) is 5.82 Å². The normalized spacial score (nSPS) is 10.4. The Hall–Kier alpha value is -1.84. The van der Waals surface area contributed by atoms with Crippen LogP contribution >= 0.6 is 0 Å². The minimum atomic E-state index is -0.468. The van der Waals surface area contributed by atoms with Crippen molar-refractivity contribution in [2.24, 2.45) is 0 Å². The van der Waals surface area contributed by atoms with Crippen molar-refractivity contribution in [2.75, 3.05) is 12.3 Å². The molecule has 1 aromatic carbocycles. The lowest BCUT2D eigenvalue weighted by Crippen LogP contribution is -2.37. The number of hydrogen-bond donors (Lipinski definition) is 1. The molecule has 0 aliphatic rings. The molecule has 0 saturated heterocycles. The Bertz CT molecular complexity index is 429. The van der Waals surface area contributed by atoms with Gasteiger partial charge >= 0.3 is 0 Å². The molecule has 2 N–H and O–H groups in total. The van der Waals surface area contributed by atoms with Crippen molar-refractivity contribution in [1.29, 1.82) is 0 Å². The summed E-state index contributed by atoms with van der Waals surface area (Å²) in [4.78, 5) is 13.8. The zero-order chi connectivity index (χ0) is 13.0. The van der Waals surface area contributed by atoms with Gasteiger partial charge in [0.2, 0.25) is 0 Å². The number of amides is 1. The van der Waals surface area contributed by atoms with Crippen molar-refractivity contribution in [3.05, 3.63) is 42.2 Å². The van der Waals surface area contributed by atoms with E-state index in [0.29, 0.717) is 6.54 Å². The molecule has 1 rings (SSSR count). The van der Waals surface area contributed by atoms with Crippen LogP contribution in [0.4, 0.5) is 10.1 Å². The molecule has 1 amide bonds. The number of hydrogen-bond acceptors (Lipinski definition) is 2. The van der Waals surface area contributed by atoms with Crippen LogP contribution in [0, 0.1) is 5.82 Å². The second-order valence-electron chi connectivity index (χ2n) is 4.07. The van der Waals surface area contributed by atoms with Gasteiger partial charge in [0.15, 0.2) is 0 Å². The fourth-order valence-electron chi connectivity index (χ4n) is 1.54. The maximum Gasteiger partial charge on any atom is 0.256 e. The van der Waals surface area contributed by atoms with E-state index in [4.69, 9.17) is 5.73 Å². The van der Waals surface area contributed by atoms with Gasteiger partial charge in [0.05, 0.1) is 5.56 Å². The van der Waals surface area contributed by atoms with E-state index in [2.05, 4.69) is 6.58 Å². The molecule has 0 atom stereocenters. The van der Waals surface area contributed by atoms with Crippen LogP contribution in [-0.4, -0.2) is 23.4 Å². The van der Waals surface area contributed by atoms with Crippen LogP contribution in [0.5, 0.6) is 0 Å².